The molecule has 3 nitrogen and oxygen atoms in total. The number of nitrogens with zero attached hydrogens (tertiary/aromatic N) is 2. The molecule has 1 aliphatic heterocycles. The molecule has 4 rings (SSSR count). The molecule has 0 unspecified atom stereocenters. The van der Waals surface area contributed by atoms with Gasteiger partial charge in [0, 0.05) is 48.2 Å². The van der Waals surface area contributed by atoms with Gasteiger partial charge in [-0.15, -0.1) is 0 Å². The number of hydrogen-bond acceptors (Lipinski definition) is 1. The van der Waals surface area contributed by atoms with Crippen molar-refractivity contribution in [3.05, 3.63) is 70.9 Å². The average molecular weight is 339 g/mol. The monoisotopic (exact) mass is 338 g/mol. The third-order valence-corrected chi connectivity index (χ3v) is 5.14. The van der Waals surface area contributed by atoms with Gasteiger partial charge in [0.1, 0.15) is 0 Å². The van der Waals surface area contributed by atoms with Crippen LogP contribution < -0.4 is 0 Å². The SMILES string of the molecule is O=C(CCn1ccc2c(Cl)cccc21)N1CCc2ccccc2C1. The van der Waals surface area contributed by atoms with E-state index in [1.807, 2.05) is 41.4 Å². The fourth-order valence-corrected chi connectivity index (χ4v) is 3.70. The molecule has 0 saturated carbocycles. The first-order valence-corrected chi connectivity index (χ1v) is 8.68. The minimum absolute atomic E-state index is 0.216. The summed E-state index contributed by atoms with van der Waals surface area (Å²) in [6.07, 6.45) is 3.47. The predicted molar refractivity (Wildman–Crippen MR) is 97.1 cm³/mol. The molecule has 0 bridgehead atoms. The third-order valence-electron chi connectivity index (χ3n) is 4.81. The van der Waals surface area contributed by atoms with Crippen molar-refractivity contribution in [2.45, 2.75) is 25.9 Å². The van der Waals surface area contributed by atoms with Crippen LogP contribution in [0.5, 0.6) is 0 Å². The van der Waals surface area contributed by atoms with Gasteiger partial charge in [-0.2, -0.15) is 0 Å². The Bertz CT molecular complexity index is 900. The fraction of sp³-hybridized carbons (Fsp3) is 0.250. The molecular formula is C20H19ClN2O. The van der Waals surface area contributed by atoms with E-state index in [-0.39, 0.29) is 5.91 Å². The standard InChI is InChI=1S/C20H19ClN2O/c21-18-6-3-7-19-17(18)9-12-22(19)13-10-20(24)23-11-8-15-4-1-2-5-16(15)14-23/h1-7,9,12H,8,10-11,13-14H2. The Labute approximate surface area is 146 Å². The molecular weight excluding hydrogens is 320 g/mol. The summed E-state index contributed by atoms with van der Waals surface area (Å²) >= 11 is 6.21. The van der Waals surface area contributed by atoms with E-state index in [2.05, 4.69) is 22.8 Å². The van der Waals surface area contributed by atoms with Crippen LogP contribution in [0.1, 0.15) is 17.5 Å². The summed E-state index contributed by atoms with van der Waals surface area (Å²) in [7, 11) is 0. The van der Waals surface area contributed by atoms with Gasteiger partial charge in [0.15, 0.2) is 0 Å². The Morgan fingerprint density at radius 1 is 1.04 bits per heavy atom. The van der Waals surface area contributed by atoms with E-state index in [0.29, 0.717) is 13.0 Å². The summed E-state index contributed by atoms with van der Waals surface area (Å²) in [5.41, 5.74) is 3.72. The van der Waals surface area contributed by atoms with Crippen molar-refractivity contribution in [3.8, 4) is 0 Å². The van der Waals surface area contributed by atoms with Crippen molar-refractivity contribution in [2.24, 2.45) is 0 Å². The second-order valence-electron chi connectivity index (χ2n) is 6.27. The molecule has 0 spiro atoms. The van der Waals surface area contributed by atoms with Gasteiger partial charge >= 0.3 is 0 Å². The van der Waals surface area contributed by atoms with E-state index in [1.54, 1.807) is 0 Å². The van der Waals surface area contributed by atoms with Crippen LogP contribution in [-0.4, -0.2) is 21.9 Å². The Morgan fingerprint density at radius 3 is 2.75 bits per heavy atom. The maximum atomic E-state index is 12.6. The van der Waals surface area contributed by atoms with Crippen LogP contribution in [0.3, 0.4) is 0 Å². The second-order valence-corrected chi connectivity index (χ2v) is 6.67. The number of halogens is 1. The number of rotatable bonds is 3. The van der Waals surface area contributed by atoms with Crippen molar-refractivity contribution in [3.63, 3.8) is 0 Å². The topological polar surface area (TPSA) is 25.2 Å². The highest BCUT2D eigenvalue weighted by Crippen LogP contribution is 2.25. The van der Waals surface area contributed by atoms with Crippen molar-refractivity contribution >= 4 is 28.4 Å². The third kappa shape index (κ3) is 2.80. The maximum absolute atomic E-state index is 12.6. The van der Waals surface area contributed by atoms with Crippen LogP contribution >= 0.6 is 11.6 Å². The highest BCUT2D eigenvalue weighted by atomic mass is 35.5. The number of fused-ring (bicyclic) bond motifs is 2. The van der Waals surface area contributed by atoms with Crippen LogP contribution in [-0.2, 0) is 24.3 Å². The van der Waals surface area contributed by atoms with E-state index < -0.39 is 0 Å². The van der Waals surface area contributed by atoms with Crippen molar-refractivity contribution in [2.75, 3.05) is 6.54 Å². The summed E-state index contributed by atoms with van der Waals surface area (Å²) in [4.78, 5) is 14.6. The zero-order valence-corrected chi connectivity index (χ0v) is 14.2. The Morgan fingerprint density at radius 2 is 1.88 bits per heavy atom. The van der Waals surface area contributed by atoms with Crippen LogP contribution in [0.2, 0.25) is 5.02 Å². The molecule has 1 amide bonds. The molecule has 2 aromatic carbocycles. The minimum Gasteiger partial charge on any atom is -0.347 e. The summed E-state index contributed by atoms with van der Waals surface area (Å²) < 4.78 is 2.11. The van der Waals surface area contributed by atoms with Gasteiger partial charge in [0.05, 0.1) is 0 Å². The van der Waals surface area contributed by atoms with Crippen molar-refractivity contribution in [1.82, 2.24) is 9.47 Å². The van der Waals surface area contributed by atoms with Crippen molar-refractivity contribution in [1.29, 1.82) is 0 Å². The molecule has 0 aliphatic carbocycles. The first-order chi connectivity index (χ1) is 11.7. The quantitative estimate of drug-likeness (QED) is 0.700. The van der Waals surface area contributed by atoms with Crippen LogP contribution in [0, 0.1) is 0 Å². The van der Waals surface area contributed by atoms with Gasteiger partial charge in [-0.05, 0) is 35.7 Å². The van der Waals surface area contributed by atoms with E-state index in [4.69, 9.17) is 11.6 Å². The summed E-state index contributed by atoms with van der Waals surface area (Å²) in [6, 6.07) is 16.3. The lowest BCUT2D eigenvalue weighted by atomic mass is 10.00. The smallest absolute Gasteiger partial charge is 0.224 e. The van der Waals surface area contributed by atoms with E-state index >= 15 is 0 Å². The lowest BCUT2D eigenvalue weighted by molar-refractivity contribution is -0.132. The van der Waals surface area contributed by atoms with Gasteiger partial charge in [0.25, 0.3) is 0 Å². The first-order valence-electron chi connectivity index (χ1n) is 8.30. The summed E-state index contributed by atoms with van der Waals surface area (Å²) in [6.45, 7) is 2.22. The molecule has 24 heavy (non-hydrogen) atoms. The number of amides is 1. The average Bonchev–Trinajstić information content (AvgIpc) is 3.04. The van der Waals surface area contributed by atoms with Gasteiger partial charge < -0.3 is 9.47 Å². The predicted octanol–water partition coefficient (Wildman–Crippen LogP) is 4.27. The zero-order valence-electron chi connectivity index (χ0n) is 13.4. The Hall–Kier alpha value is -2.26. The molecule has 0 saturated heterocycles. The van der Waals surface area contributed by atoms with Gasteiger partial charge in [-0.1, -0.05) is 41.9 Å². The van der Waals surface area contributed by atoms with Crippen LogP contribution in [0.15, 0.2) is 54.7 Å². The lowest BCUT2D eigenvalue weighted by Gasteiger charge is -2.29. The largest absolute Gasteiger partial charge is 0.347 e. The molecule has 0 fully saturated rings. The zero-order chi connectivity index (χ0) is 16.5. The van der Waals surface area contributed by atoms with Gasteiger partial charge in [-0.25, -0.2) is 0 Å². The highest BCUT2D eigenvalue weighted by Gasteiger charge is 2.20. The molecule has 1 aliphatic rings. The molecule has 2 heterocycles. The summed E-state index contributed by atoms with van der Waals surface area (Å²) in [5.74, 6) is 0.216. The van der Waals surface area contributed by atoms with Crippen molar-refractivity contribution < 1.29 is 4.79 Å². The molecule has 1 aromatic heterocycles. The van der Waals surface area contributed by atoms with E-state index in [1.165, 1.54) is 11.1 Å². The molecule has 3 aromatic rings. The van der Waals surface area contributed by atoms with Gasteiger partial charge in [0.2, 0.25) is 5.91 Å². The normalized spacial score (nSPS) is 14.0. The summed E-state index contributed by atoms with van der Waals surface area (Å²) in [5, 5.41) is 1.80. The number of carbonyl (C=O) groups is 1. The number of benzene rings is 2. The number of aryl methyl sites for hydroxylation is 1. The number of aromatic nitrogens is 1. The molecule has 4 heteroatoms. The molecule has 122 valence electrons. The Kier molecular flexibility index (Phi) is 4.03. The van der Waals surface area contributed by atoms with Crippen LogP contribution in [0.4, 0.5) is 0 Å². The minimum atomic E-state index is 0.216. The second kappa shape index (κ2) is 6.33. The Balaban J connectivity index is 1.44. The number of carbonyl (C=O) groups excluding carboxylic acids is 1. The molecule has 0 radical (unpaired) electrons. The van der Waals surface area contributed by atoms with Gasteiger partial charge in [-0.3, -0.25) is 4.79 Å². The lowest BCUT2D eigenvalue weighted by Crippen LogP contribution is -2.36. The highest BCUT2D eigenvalue weighted by molar-refractivity contribution is 6.35. The maximum Gasteiger partial charge on any atom is 0.224 e. The molecule has 0 N–H and O–H groups in total. The fourth-order valence-electron chi connectivity index (χ4n) is 3.46. The van der Waals surface area contributed by atoms with Crippen LogP contribution in [0.25, 0.3) is 10.9 Å². The van der Waals surface area contributed by atoms with E-state index in [9.17, 15) is 4.79 Å². The first kappa shape index (κ1) is 15.3. The van der Waals surface area contributed by atoms with E-state index in [0.717, 1.165) is 35.4 Å². The number of hydrogen-bond donors (Lipinski definition) is 0. The molecule has 0 atom stereocenters.